The molecule has 7 nitrogen and oxygen atoms in total. The van der Waals surface area contributed by atoms with E-state index in [0.29, 0.717) is 25.6 Å². The van der Waals surface area contributed by atoms with Gasteiger partial charge in [0.1, 0.15) is 0 Å². The normalized spacial score (nSPS) is 15.1. The molecule has 3 N–H and O–H groups in total. The lowest BCUT2D eigenvalue weighted by Gasteiger charge is -2.25. The van der Waals surface area contributed by atoms with Gasteiger partial charge in [-0.1, -0.05) is 12.1 Å². The highest BCUT2D eigenvalue weighted by atomic mass is 16.5. The molecular formula is C22H36N4O3. The third-order valence-electron chi connectivity index (χ3n) is 5.19. The summed E-state index contributed by atoms with van der Waals surface area (Å²) < 4.78 is 11.8. The van der Waals surface area contributed by atoms with E-state index < -0.39 is 5.41 Å². The topological polar surface area (TPSA) is 84.0 Å². The number of methoxy groups -OCH3 is 1. The predicted molar refractivity (Wildman–Crippen MR) is 117 cm³/mol. The second kappa shape index (κ2) is 10.9. The highest BCUT2D eigenvalue weighted by Crippen LogP contribution is 2.34. The van der Waals surface area contributed by atoms with Crippen LogP contribution in [0.15, 0.2) is 23.2 Å². The van der Waals surface area contributed by atoms with Crippen molar-refractivity contribution >= 4 is 11.9 Å². The zero-order valence-electron chi connectivity index (χ0n) is 18.4. The van der Waals surface area contributed by atoms with Crippen LogP contribution in [-0.2, 0) is 11.3 Å². The van der Waals surface area contributed by atoms with Crippen molar-refractivity contribution in [2.75, 3.05) is 27.2 Å². The van der Waals surface area contributed by atoms with Crippen LogP contribution < -0.4 is 25.4 Å². The molecule has 0 heterocycles. The maximum atomic E-state index is 12.2. The number of hydrogen-bond donors (Lipinski definition) is 3. The largest absolute Gasteiger partial charge is 0.493 e. The van der Waals surface area contributed by atoms with Crippen LogP contribution >= 0.6 is 0 Å². The number of para-hydroxylation sites is 1. The molecule has 2 rings (SSSR count). The summed E-state index contributed by atoms with van der Waals surface area (Å²) in [5, 5.41) is 9.43. The fraction of sp³-hybridized carbons (Fsp3) is 0.636. The lowest BCUT2D eigenvalue weighted by molar-refractivity contribution is -0.128. The second-order valence-electron chi connectivity index (χ2n) is 8.00. The fourth-order valence-corrected chi connectivity index (χ4v) is 3.35. The van der Waals surface area contributed by atoms with Crippen LogP contribution in [0.2, 0.25) is 0 Å². The van der Waals surface area contributed by atoms with Crippen molar-refractivity contribution in [3.05, 3.63) is 23.8 Å². The quantitative estimate of drug-likeness (QED) is 0.435. The number of hydrogen-bond acceptors (Lipinski definition) is 4. The van der Waals surface area contributed by atoms with Crippen molar-refractivity contribution in [3.8, 4) is 11.5 Å². The first-order valence-corrected chi connectivity index (χ1v) is 10.5. The van der Waals surface area contributed by atoms with Crippen LogP contribution in [0.25, 0.3) is 0 Å². The molecule has 1 saturated carbocycles. The molecule has 162 valence electrons. The van der Waals surface area contributed by atoms with Gasteiger partial charge in [0.25, 0.3) is 0 Å². The molecule has 1 aromatic rings. The number of nitrogens with zero attached hydrogens (tertiary/aromatic N) is 1. The lowest BCUT2D eigenvalue weighted by atomic mass is 9.92. The first kappa shape index (κ1) is 22.8. The summed E-state index contributed by atoms with van der Waals surface area (Å²) in [5.41, 5.74) is 0.475. The molecule has 0 bridgehead atoms. The van der Waals surface area contributed by atoms with Gasteiger partial charge in [-0.2, -0.15) is 0 Å². The summed E-state index contributed by atoms with van der Waals surface area (Å²) in [5.74, 6) is 2.20. The molecule has 0 spiro atoms. The molecule has 29 heavy (non-hydrogen) atoms. The van der Waals surface area contributed by atoms with E-state index in [9.17, 15) is 4.79 Å². The van der Waals surface area contributed by atoms with Gasteiger partial charge in [0, 0.05) is 32.2 Å². The smallest absolute Gasteiger partial charge is 0.227 e. The minimum Gasteiger partial charge on any atom is -0.493 e. The van der Waals surface area contributed by atoms with Crippen molar-refractivity contribution < 1.29 is 14.3 Å². The van der Waals surface area contributed by atoms with Crippen molar-refractivity contribution in [2.45, 2.75) is 59.1 Å². The average molecular weight is 405 g/mol. The minimum absolute atomic E-state index is 0.0167. The number of carbonyl (C=O) groups excluding carboxylic acids is 1. The number of ether oxygens (including phenoxy) is 2. The van der Waals surface area contributed by atoms with E-state index in [0.717, 1.165) is 29.9 Å². The first-order chi connectivity index (χ1) is 13.9. The number of rotatable bonds is 9. The highest BCUT2D eigenvalue weighted by molar-refractivity contribution is 5.84. The maximum Gasteiger partial charge on any atom is 0.227 e. The van der Waals surface area contributed by atoms with Gasteiger partial charge in [0.05, 0.1) is 18.6 Å². The van der Waals surface area contributed by atoms with E-state index in [1.54, 1.807) is 14.2 Å². The number of benzene rings is 1. The third-order valence-corrected chi connectivity index (χ3v) is 5.19. The van der Waals surface area contributed by atoms with Gasteiger partial charge >= 0.3 is 0 Å². The summed E-state index contributed by atoms with van der Waals surface area (Å²) in [6.07, 6.45) is 4.85. The van der Waals surface area contributed by atoms with Crippen LogP contribution in [-0.4, -0.2) is 45.2 Å². The molecule has 0 aromatic heterocycles. The number of carbonyl (C=O) groups is 1. The number of aliphatic imine (C=N–C) groups is 1. The number of amides is 1. The summed E-state index contributed by atoms with van der Waals surface area (Å²) in [6.45, 7) is 7.38. The fourth-order valence-electron chi connectivity index (χ4n) is 3.35. The van der Waals surface area contributed by atoms with Gasteiger partial charge in [-0.15, -0.1) is 0 Å². The Morgan fingerprint density at radius 3 is 2.55 bits per heavy atom. The zero-order valence-corrected chi connectivity index (χ0v) is 18.4. The molecular weight excluding hydrogens is 368 g/mol. The van der Waals surface area contributed by atoms with E-state index in [1.807, 2.05) is 39.0 Å². The van der Waals surface area contributed by atoms with Gasteiger partial charge in [0.15, 0.2) is 17.5 Å². The molecule has 0 atom stereocenters. The monoisotopic (exact) mass is 404 g/mol. The first-order valence-electron chi connectivity index (χ1n) is 10.5. The van der Waals surface area contributed by atoms with Crippen molar-refractivity contribution in [3.63, 3.8) is 0 Å². The van der Waals surface area contributed by atoms with Crippen molar-refractivity contribution in [1.29, 1.82) is 0 Å². The molecule has 1 aromatic carbocycles. The summed E-state index contributed by atoms with van der Waals surface area (Å²) in [4.78, 5) is 16.5. The molecule has 0 aliphatic heterocycles. The molecule has 0 saturated heterocycles. The van der Waals surface area contributed by atoms with Crippen molar-refractivity contribution in [2.24, 2.45) is 10.4 Å². The van der Waals surface area contributed by atoms with Gasteiger partial charge < -0.3 is 25.4 Å². The Morgan fingerprint density at radius 1 is 1.21 bits per heavy atom. The van der Waals surface area contributed by atoms with E-state index >= 15 is 0 Å². The summed E-state index contributed by atoms with van der Waals surface area (Å²) in [7, 11) is 3.38. The Bertz CT molecular complexity index is 697. The Kier molecular flexibility index (Phi) is 8.61. The Morgan fingerprint density at radius 2 is 1.93 bits per heavy atom. The standard InChI is InChI=1S/C22H36N4O3/c1-6-24-20(27)22(2,3)15-26-21(23-4)25-14-16-10-9-13-18(28-5)19(16)29-17-11-7-8-12-17/h9-10,13,17H,6-8,11-12,14-15H2,1-5H3,(H,24,27)(H2,23,25,26). The molecule has 7 heteroatoms. The van der Waals surface area contributed by atoms with E-state index in [2.05, 4.69) is 20.9 Å². The van der Waals surface area contributed by atoms with Crippen LogP contribution in [0.4, 0.5) is 0 Å². The van der Waals surface area contributed by atoms with Crippen molar-refractivity contribution in [1.82, 2.24) is 16.0 Å². The van der Waals surface area contributed by atoms with Crippen LogP contribution in [0.3, 0.4) is 0 Å². The average Bonchev–Trinajstić information content (AvgIpc) is 3.22. The van der Waals surface area contributed by atoms with Gasteiger partial charge in [-0.25, -0.2) is 0 Å². The number of guanidine groups is 1. The molecule has 0 unspecified atom stereocenters. The molecule has 1 amide bonds. The predicted octanol–water partition coefficient (Wildman–Crippen LogP) is 2.84. The third kappa shape index (κ3) is 6.54. The lowest BCUT2D eigenvalue weighted by Crippen LogP contribution is -2.47. The van der Waals surface area contributed by atoms with Crippen LogP contribution in [0, 0.1) is 5.41 Å². The summed E-state index contributed by atoms with van der Waals surface area (Å²) >= 11 is 0. The second-order valence-corrected chi connectivity index (χ2v) is 8.00. The van der Waals surface area contributed by atoms with Crippen LogP contribution in [0.1, 0.15) is 52.0 Å². The zero-order chi connectivity index (χ0) is 21.3. The highest BCUT2D eigenvalue weighted by Gasteiger charge is 2.27. The number of nitrogens with one attached hydrogen (secondary N) is 3. The Hall–Kier alpha value is -2.44. The molecule has 1 aliphatic rings. The van der Waals surface area contributed by atoms with Crippen LogP contribution in [0.5, 0.6) is 11.5 Å². The minimum atomic E-state index is -0.541. The molecule has 1 aliphatic carbocycles. The van der Waals surface area contributed by atoms with E-state index in [4.69, 9.17) is 9.47 Å². The van der Waals surface area contributed by atoms with E-state index in [-0.39, 0.29) is 12.0 Å². The summed E-state index contributed by atoms with van der Waals surface area (Å²) in [6, 6.07) is 5.92. The van der Waals surface area contributed by atoms with Gasteiger partial charge in [-0.05, 0) is 52.5 Å². The molecule has 1 fully saturated rings. The SMILES string of the molecule is CCNC(=O)C(C)(C)CNC(=NC)NCc1cccc(OC)c1OC1CCCC1. The van der Waals surface area contributed by atoms with E-state index in [1.165, 1.54) is 12.8 Å². The Balaban J connectivity index is 2.00. The maximum absolute atomic E-state index is 12.2. The molecule has 0 radical (unpaired) electrons. The van der Waals surface area contributed by atoms with Gasteiger partial charge in [-0.3, -0.25) is 9.79 Å². The Labute approximate surface area is 174 Å². The van der Waals surface area contributed by atoms with Gasteiger partial charge in [0.2, 0.25) is 5.91 Å².